The first-order chi connectivity index (χ1) is 9.98. The van der Waals surface area contributed by atoms with Crippen LogP contribution in [0.1, 0.15) is 24.3 Å². The largest absolute Gasteiger partial charge is 0.383 e. The fourth-order valence-electron chi connectivity index (χ4n) is 2.59. The number of Topliss-reactive ketones (excluding diaryl/α,β-unsaturated/α-hetero) is 1. The highest BCUT2D eigenvalue weighted by atomic mass is 79.9. The molecule has 0 atom stereocenters. The van der Waals surface area contributed by atoms with Gasteiger partial charge in [0.05, 0.1) is 29.4 Å². The summed E-state index contributed by atoms with van der Waals surface area (Å²) in [5.74, 6) is 0.0879. The molecule has 0 amide bonds. The van der Waals surface area contributed by atoms with Gasteiger partial charge < -0.3 is 10.1 Å². The molecule has 0 spiro atoms. The van der Waals surface area contributed by atoms with Crippen molar-refractivity contribution in [3.05, 3.63) is 16.4 Å². The second-order valence-electron chi connectivity index (χ2n) is 5.68. The molecule has 0 aromatic carbocycles. The first-order valence-electron chi connectivity index (χ1n) is 7.19. The number of carbonyl (C=O) groups excluding carboxylic acids is 1. The molecule has 1 aromatic heterocycles. The Bertz CT molecular complexity index is 495. The number of hydrogen-bond acceptors (Lipinski definition) is 5. The van der Waals surface area contributed by atoms with E-state index >= 15 is 0 Å². The van der Waals surface area contributed by atoms with Gasteiger partial charge in [0.1, 0.15) is 5.69 Å². The van der Waals surface area contributed by atoms with Gasteiger partial charge in [-0.05, 0) is 29.8 Å². The Kier molecular flexibility index (Phi) is 5.54. The lowest BCUT2D eigenvalue weighted by Crippen LogP contribution is -2.57. The maximum absolute atomic E-state index is 13.0. The monoisotopic (exact) mass is 358 g/mol. The maximum Gasteiger partial charge on any atom is 0.201 e. The average molecular weight is 359 g/mol. The summed E-state index contributed by atoms with van der Waals surface area (Å²) in [6.07, 6.45) is 1.68. The lowest BCUT2D eigenvalue weighted by molar-refractivity contribution is 0.0588. The second-order valence-corrected chi connectivity index (χ2v) is 6.54. The van der Waals surface area contributed by atoms with Crippen molar-refractivity contribution < 1.29 is 9.53 Å². The van der Waals surface area contributed by atoms with E-state index in [0.717, 1.165) is 30.7 Å². The minimum absolute atomic E-state index is 0.0879. The quantitative estimate of drug-likeness (QED) is 0.773. The molecule has 1 aliphatic rings. The van der Waals surface area contributed by atoms with Crippen LogP contribution in [0.15, 0.2) is 10.7 Å². The zero-order chi connectivity index (χ0) is 15.5. The standard InChI is InChI=1S/C14H23BrN4O2/c1-14(2,18-6-4-16-5-7-18)13(20)12-11(15)10-17-19(12)8-9-21-3/h10,16H,4-9H2,1-3H3. The van der Waals surface area contributed by atoms with Crippen LogP contribution in [-0.4, -0.2) is 65.9 Å². The van der Waals surface area contributed by atoms with Gasteiger partial charge in [-0.1, -0.05) is 0 Å². The van der Waals surface area contributed by atoms with Crippen LogP contribution in [-0.2, 0) is 11.3 Å². The van der Waals surface area contributed by atoms with Crippen molar-refractivity contribution in [1.82, 2.24) is 20.0 Å². The van der Waals surface area contributed by atoms with E-state index in [1.54, 1.807) is 18.0 Å². The van der Waals surface area contributed by atoms with Crippen LogP contribution in [0.4, 0.5) is 0 Å². The Balaban J connectivity index is 2.23. The Labute approximate surface area is 133 Å². The van der Waals surface area contributed by atoms with E-state index in [2.05, 4.69) is 31.2 Å². The summed E-state index contributed by atoms with van der Waals surface area (Å²) in [7, 11) is 1.64. The first-order valence-corrected chi connectivity index (χ1v) is 7.98. The summed E-state index contributed by atoms with van der Waals surface area (Å²) in [5, 5.41) is 7.59. The van der Waals surface area contributed by atoms with Crippen molar-refractivity contribution in [3.8, 4) is 0 Å². The van der Waals surface area contributed by atoms with Crippen molar-refractivity contribution in [3.63, 3.8) is 0 Å². The molecule has 0 unspecified atom stereocenters. The summed E-state index contributed by atoms with van der Waals surface area (Å²) < 4.78 is 7.55. The minimum Gasteiger partial charge on any atom is -0.383 e. The number of carbonyl (C=O) groups is 1. The normalized spacial score (nSPS) is 17.1. The topological polar surface area (TPSA) is 59.4 Å². The number of aromatic nitrogens is 2. The van der Waals surface area contributed by atoms with Crippen LogP contribution in [0.5, 0.6) is 0 Å². The van der Waals surface area contributed by atoms with E-state index in [-0.39, 0.29) is 5.78 Å². The van der Waals surface area contributed by atoms with Crippen LogP contribution >= 0.6 is 15.9 Å². The third kappa shape index (κ3) is 3.53. The van der Waals surface area contributed by atoms with E-state index in [1.807, 2.05) is 13.8 Å². The summed E-state index contributed by atoms with van der Waals surface area (Å²) in [6, 6.07) is 0. The third-order valence-electron chi connectivity index (χ3n) is 3.98. The fourth-order valence-corrected chi connectivity index (χ4v) is 3.07. The van der Waals surface area contributed by atoms with Gasteiger partial charge in [-0.3, -0.25) is 14.4 Å². The summed E-state index contributed by atoms with van der Waals surface area (Å²) in [5.41, 5.74) is 0.0748. The highest BCUT2D eigenvalue weighted by Crippen LogP contribution is 2.26. The van der Waals surface area contributed by atoms with Crippen LogP contribution < -0.4 is 5.32 Å². The number of nitrogens with zero attached hydrogens (tertiary/aromatic N) is 3. The number of hydrogen-bond donors (Lipinski definition) is 1. The van der Waals surface area contributed by atoms with E-state index in [9.17, 15) is 4.79 Å². The van der Waals surface area contributed by atoms with Gasteiger partial charge in [-0.25, -0.2) is 0 Å². The minimum atomic E-state index is -0.546. The molecule has 118 valence electrons. The van der Waals surface area contributed by atoms with Gasteiger partial charge in [-0.15, -0.1) is 0 Å². The number of ether oxygens (including phenoxy) is 1. The zero-order valence-electron chi connectivity index (χ0n) is 12.9. The molecule has 0 radical (unpaired) electrons. The Hall–Kier alpha value is -0.760. The van der Waals surface area contributed by atoms with Crippen molar-refractivity contribution in [1.29, 1.82) is 0 Å². The van der Waals surface area contributed by atoms with E-state index in [0.29, 0.717) is 18.8 Å². The highest BCUT2D eigenvalue weighted by Gasteiger charge is 2.38. The van der Waals surface area contributed by atoms with Gasteiger partial charge in [0.25, 0.3) is 0 Å². The third-order valence-corrected chi connectivity index (χ3v) is 4.56. The van der Waals surface area contributed by atoms with Crippen LogP contribution in [0.2, 0.25) is 0 Å². The van der Waals surface area contributed by atoms with Crippen molar-refractivity contribution in [2.75, 3.05) is 39.9 Å². The molecule has 21 heavy (non-hydrogen) atoms. The number of nitrogens with one attached hydrogen (secondary N) is 1. The van der Waals surface area contributed by atoms with Gasteiger partial charge in [0, 0.05) is 33.3 Å². The Morgan fingerprint density at radius 2 is 2.14 bits per heavy atom. The maximum atomic E-state index is 13.0. The van der Waals surface area contributed by atoms with Gasteiger partial charge in [0.2, 0.25) is 5.78 Å². The van der Waals surface area contributed by atoms with E-state index in [4.69, 9.17) is 4.74 Å². The van der Waals surface area contributed by atoms with Crippen LogP contribution in [0.3, 0.4) is 0 Å². The number of methoxy groups -OCH3 is 1. The lowest BCUT2D eigenvalue weighted by Gasteiger charge is -2.40. The summed E-state index contributed by atoms with van der Waals surface area (Å²) >= 11 is 3.45. The van der Waals surface area contributed by atoms with Gasteiger partial charge in [-0.2, -0.15) is 5.10 Å². The molecule has 6 nitrogen and oxygen atoms in total. The molecule has 1 fully saturated rings. The summed E-state index contributed by atoms with van der Waals surface area (Å²) in [4.78, 5) is 15.3. The number of ketones is 1. The highest BCUT2D eigenvalue weighted by molar-refractivity contribution is 9.10. The molecule has 2 rings (SSSR count). The van der Waals surface area contributed by atoms with Crippen molar-refractivity contribution in [2.24, 2.45) is 0 Å². The smallest absolute Gasteiger partial charge is 0.201 e. The molecular weight excluding hydrogens is 336 g/mol. The molecule has 1 aliphatic heterocycles. The van der Waals surface area contributed by atoms with Gasteiger partial charge in [0.15, 0.2) is 0 Å². The number of halogens is 1. The molecule has 0 aliphatic carbocycles. The number of rotatable bonds is 6. The average Bonchev–Trinajstić information content (AvgIpc) is 2.86. The first kappa shape index (κ1) is 16.6. The van der Waals surface area contributed by atoms with Gasteiger partial charge >= 0.3 is 0 Å². The molecule has 1 aromatic rings. The number of piperazine rings is 1. The van der Waals surface area contributed by atoms with Crippen molar-refractivity contribution >= 4 is 21.7 Å². The zero-order valence-corrected chi connectivity index (χ0v) is 14.4. The predicted octanol–water partition coefficient (Wildman–Crippen LogP) is 1.16. The Morgan fingerprint density at radius 3 is 2.76 bits per heavy atom. The molecule has 2 heterocycles. The van der Waals surface area contributed by atoms with Crippen LogP contribution in [0, 0.1) is 0 Å². The van der Waals surface area contributed by atoms with Crippen molar-refractivity contribution in [2.45, 2.75) is 25.9 Å². The lowest BCUT2D eigenvalue weighted by atomic mass is 9.93. The van der Waals surface area contributed by atoms with E-state index in [1.165, 1.54) is 0 Å². The molecule has 7 heteroatoms. The molecule has 1 N–H and O–H groups in total. The van der Waals surface area contributed by atoms with Crippen LogP contribution in [0.25, 0.3) is 0 Å². The molecule has 0 saturated carbocycles. The second kappa shape index (κ2) is 7.00. The van der Waals surface area contributed by atoms with E-state index < -0.39 is 5.54 Å². The molecule has 1 saturated heterocycles. The fraction of sp³-hybridized carbons (Fsp3) is 0.714. The SMILES string of the molecule is COCCn1ncc(Br)c1C(=O)C(C)(C)N1CCNCC1. The molecular formula is C14H23BrN4O2. The predicted molar refractivity (Wildman–Crippen MR) is 84.7 cm³/mol. The summed E-state index contributed by atoms with van der Waals surface area (Å²) in [6.45, 7) is 8.66. The molecule has 0 bridgehead atoms. The Morgan fingerprint density at radius 1 is 1.48 bits per heavy atom.